The van der Waals surface area contributed by atoms with E-state index in [9.17, 15) is 18.4 Å². The van der Waals surface area contributed by atoms with E-state index in [2.05, 4.69) is 5.32 Å². The number of carbonyl (C=O) groups is 2. The topological polar surface area (TPSA) is 102 Å². The first kappa shape index (κ1) is 17.8. The first-order valence-corrected chi connectivity index (χ1v) is 6.47. The van der Waals surface area contributed by atoms with Crippen LogP contribution < -0.4 is 11.1 Å². The molecule has 0 radical (unpaired) electrons. The van der Waals surface area contributed by atoms with Crippen molar-refractivity contribution in [1.82, 2.24) is 0 Å². The monoisotopic (exact) mass is 316 g/mol. The van der Waals surface area contributed by atoms with Gasteiger partial charge in [-0.2, -0.15) is 0 Å². The van der Waals surface area contributed by atoms with Gasteiger partial charge in [-0.1, -0.05) is 0 Å². The molecule has 8 heteroatoms. The third-order valence-corrected chi connectivity index (χ3v) is 2.62. The van der Waals surface area contributed by atoms with Crippen molar-refractivity contribution >= 4 is 17.7 Å². The van der Waals surface area contributed by atoms with Gasteiger partial charge in [-0.15, -0.1) is 0 Å². The first-order chi connectivity index (χ1) is 10.0. The molecule has 122 valence electrons. The van der Waals surface area contributed by atoms with Crippen LogP contribution in [0, 0.1) is 11.6 Å². The van der Waals surface area contributed by atoms with E-state index >= 15 is 0 Å². The summed E-state index contributed by atoms with van der Waals surface area (Å²) in [6, 6.07) is 1.76. The Bertz CT molecular complexity index is 585. The molecule has 1 aromatic rings. The fourth-order valence-corrected chi connectivity index (χ4v) is 1.70. The molecule has 0 aliphatic carbocycles. The zero-order chi connectivity index (χ0) is 17.1. The summed E-state index contributed by atoms with van der Waals surface area (Å²) in [6.45, 7) is 4.52. The molecule has 1 unspecified atom stereocenters. The zero-order valence-electron chi connectivity index (χ0n) is 12.4. The normalized spacial score (nSPS) is 12.6. The number of anilines is 1. The molecule has 1 atom stereocenters. The maximum absolute atomic E-state index is 13.7. The number of rotatable bonds is 4. The summed E-state index contributed by atoms with van der Waals surface area (Å²) in [5, 5.41) is 11.1. The minimum Gasteiger partial charge on any atom is -0.481 e. The van der Waals surface area contributed by atoms with E-state index < -0.39 is 40.9 Å². The predicted octanol–water partition coefficient (Wildman–Crippen LogP) is 2.44. The Kier molecular flexibility index (Phi) is 5.43. The molecule has 0 saturated heterocycles. The fourth-order valence-electron chi connectivity index (χ4n) is 1.70. The van der Waals surface area contributed by atoms with Gasteiger partial charge in [0.25, 0.3) is 0 Å². The molecule has 0 aliphatic rings. The highest BCUT2D eigenvalue weighted by atomic mass is 19.2. The molecule has 0 fully saturated rings. The second-order valence-electron chi connectivity index (χ2n) is 5.62. The van der Waals surface area contributed by atoms with Crippen molar-refractivity contribution in [2.24, 2.45) is 5.73 Å². The fraction of sp³-hybridized carbons (Fsp3) is 0.429. The molecule has 0 spiro atoms. The summed E-state index contributed by atoms with van der Waals surface area (Å²) in [5.74, 6) is -5.09. The Morgan fingerprint density at radius 1 is 1.36 bits per heavy atom. The Balaban J connectivity index is 3.12. The number of benzene rings is 1. The molecule has 0 aromatic heterocycles. The van der Waals surface area contributed by atoms with Gasteiger partial charge in [0.15, 0.2) is 11.6 Å². The van der Waals surface area contributed by atoms with Crippen molar-refractivity contribution in [2.45, 2.75) is 32.3 Å². The standard InChI is InChI=1S/C14H18F2N2O4/c1-14(2,3)22-13(21)18-10-5-7(4-9(15)11(10)16)8(6-17)12(19)20/h4-5,8H,6,17H2,1-3H3,(H,18,21)(H,19,20). The van der Waals surface area contributed by atoms with Gasteiger partial charge in [0.05, 0.1) is 11.6 Å². The predicted molar refractivity (Wildman–Crippen MR) is 75.6 cm³/mol. The van der Waals surface area contributed by atoms with Gasteiger partial charge < -0.3 is 15.6 Å². The summed E-state index contributed by atoms with van der Waals surface area (Å²) in [6.07, 6.45) is -0.984. The number of carboxylic acid groups (broad SMARTS) is 1. The maximum atomic E-state index is 13.7. The highest BCUT2D eigenvalue weighted by molar-refractivity contribution is 5.86. The Morgan fingerprint density at radius 2 is 1.95 bits per heavy atom. The van der Waals surface area contributed by atoms with E-state index in [1.165, 1.54) is 0 Å². The van der Waals surface area contributed by atoms with Crippen LogP contribution in [0.4, 0.5) is 19.3 Å². The van der Waals surface area contributed by atoms with Gasteiger partial charge in [-0.25, -0.2) is 13.6 Å². The van der Waals surface area contributed by atoms with Crippen LogP contribution in [0.15, 0.2) is 12.1 Å². The molecule has 6 nitrogen and oxygen atoms in total. The van der Waals surface area contributed by atoms with Gasteiger partial charge in [0.2, 0.25) is 0 Å². The van der Waals surface area contributed by atoms with Crippen molar-refractivity contribution in [3.8, 4) is 0 Å². The quantitative estimate of drug-likeness (QED) is 0.792. The number of ether oxygens (including phenoxy) is 1. The van der Waals surface area contributed by atoms with E-state index in [1.807, 2.05) is 0 Å². The summed E-state index contributed by atoms with van der Waals surface area (Å²) in [7, 11) is 0. The van der Waals surface area contributed by atoms with E-state index in [1.54, 1.807) is 20.8 Å². The van der Waals surface area contributed by atoms with Crippen molar-refractivity contribution in [3.63, 3.8) is 0 Å². The Morgan fingerprint density at radius 3 is 2.41 bits per heavy atom. The van der Waals surface area contributed by atoms with Crippen LogP contribution in [-0.2, 0) is 9.53 Å². The molecule has 22 heavy (non-hydrogen) atoms. The van der Waals surface area contributed by atoms with Crippen molar-refractivity contribution in [1.29, 1.82) is 0 Å². The van der Waals surface area contributed by atoms with E-state index in [0.29, 0.717) is 0 Å². The number of hydrogen-bond acceptors (Lipinski definition) is 4. The van der Waals surface area contributed by atoms with Crippen LogP contribution in [0.25, 0.3) is 0 Å². The first-order valence-electron chi connectivity index (χ1n) is 6.47. The molecule has 0 aliphatic heterocycles. The third-order valence-electron chi connectivity index (χ3n) is 2.62. The van der Waals surface area contributed by atoms with Gasteiger partial charge in [-0.3, -0.25) is 10.1 Å². The molecule has 0 saturated carbocycles. The van der Waals surface area contributed by atoms with Crippen LogP contribution in [0.1, 0.15) is 32.3 Å². The number of amides is 1. The van der Waals surface area contributed by atoms with Gasteiger partial charge in [0, 0.05) is 6.54 Å². The number of carboxylic acids is 1. The number of aliphatic carboxylic acids is 1. The van der Waals surface area contributed by atoms with Crippen LogP contribution in [0.3, 0.4) is 0 Å². The lowest BCUT2D eigenvalue weighted by molar-refractivity contribution is -0.138. The lowest BCUT2D eigenvalue weighted by atomic mass is 9.98. The molecule has 1 aromatic carbocycles. The van der Waals surface area contributed by atoms with Crippen LogP contribution in [0.5, 0.6) is 0 Å². The summed E-state index contributed by atoms with van der Waals surface area (Å²) in [4.78, 5) is 22.7. The van der Waals surface area contributed by atoms with Crippen LogP contribution in [-0.4, -0.2) is 29.3 Å². The molecule has 1 rings (SSSR count). The summed E-state index contributed by atoms with van der Waals surface area (Å²) < 4.78 is 32.2. The van der Waals surface area contributed by atoms with E-state index in [-0.39, 0.29) is 12.1 Å². The molecular formula is C14H18F2N2O4. The Hall–Kier alpha value is -2.22. The average molecular weight is 316 g/mol. The maximum Gasteiger partial charge on any atom is 0.412 e. The molecule has 4 N–H and O–H groups in total. The molecule has 1 amide bonds. The van der Waals surface area contributed by atoms with Gasteiger partial charge in [0.1, 0.15) is 5.60 Å². The van der Waals surface area contributed by atoms with Crippen molar-refractivity contribution in [3.05, 3.63) is 29.3 Å². The van der Waals surface area contributed by atoms with Crippen LogP contribution in [0.2, 0.25) is 0 Å². The van der Waals surface area contributed by atoms with E-state index in [4.69, 9.17) is 15.6 Å². The number of nitrogens with one attached hydrogen (secondary N) is 1. The number of carbonyl (C=O) groups excluding carboxylic acids is 1. The second-order valence-corrected chi connectivity index (χ2v) is 5.62. The Labute approximate surface area is 126 Å². The number of nitrogens with two attached hydrogens (primary N) is 1. The highest BCUT2D eigenvalue weighted by Crippen LogP contribution is 2.25. The number of halogens is 2. The SMILES string of the molecule is CC(C)(C)OC(=O)Nc1cc(C(CN)C(=O)O)cc(F)c1F. The van der Waals surface area contributed by atoms with Crippen molar-refractivity contribution in [2.75, 3.05) is 11.9 Å². The second kappa shape index (κ2) is 6.69. The molecular weight excluding hydrogens is 298 g/mol. The highest BCUT2D eigenvalue weighted by Gasteiger charge is 2.23. The lowest BCUT2D eigenvalue weighted by Gasteiger charge is -2.20. The smallest absolute Gasteiger partial charge is 0.412 e. The third kappa shape index (κ3) is 4.66. The minimum atomic E-state index is -1.31. The largest absolute Gasteiger partial charge is 0.481 e. The van der Waals surface area contributed by atoms with E-state index in [0.717, 1.165) is 12.1 Å². The summed E-state index contributed by atoms with van der Waals surface area (Å²) >= 11 is 0. The number of hydrogen-bond donors (Lipinski definition) is 3. The minimum absolute atomic E-state index is 0.0556. The molecule has 0 bridgehead atoms. The van der Waals surface area contributed by atoms with Gasteiger partial charge >= 0.3 is 12.1 Å². The summed E-state index contributed by atoms with van der Waals surface area (Å²) in [5.41, 5.74) is 3.93. The van der Waals surface area contributed by atoms with Gasteiger partial charge in [-0.05, 0) is 38.5 Å². The van der Waals surface area contributed by atoms with Crippen LogP contribution >= 0.6 is 0 Å². The molecule has 0 heterocycles. The average Bonchev–Trinajstić information content (AvgIpc) is 2.33. The van der Waals surface area contributed by atoms with Crippen molar-refractivity contribution < 1.29 is 28.2 Å². The zero-order valence-corrected chi connectivity index (χ0v) is 12.4. The lowest BCUT2D eigenvalue weighted by Crippen LogP contribution is -2.28.